The molecular formula is C23H21N3O5. The number of ether oxygens (including phenoxy) is 2. The van der Waals surface area contributed by atoms with E-state index >= 15 is 0 Å². The molecule has 0 unspecified atom stereocenters. The van der Waals surface area contributed by atoms with Crippen LogP contribution in [0, 0.1) is 17.0 Å². The van der Waals surface area contributed by atoms with Crippen molar-refractivity contribution in [3.63, 3.8) is 0 Å². The number of hydrazone groups is 1. The lowest BCUT2D eigenvalue weighted by Gasteiger charge is -2.07. The zero-order valence-corrected chi connectivity index (χ0v) is 16.9. The maximum atomic E-state index is 11.9. The van der Waals surface area contributed by atoms with Gasteiger partial charge in [0.1, 0.15) is 12.4 Å². The molecule has 0 aliphatic carbocycles. The zero-order valence-electron chi connectivity index (χ0n) is 16.9. The number of amides is 1. The Kier molecular flexibility index (Phi) is 7.31. The van der Waals surface area contributed by atoms with Gasteiger partial charge in [0.05, 0.1) is 11.1 Å². The summed E-state index contributed by atoms with van der Waals surface area (Å²) < 4.78 is 11.0. The van der Waals surface area contributed by atoms with Gasteiger partial charge in [-0.15, -0.1) is 0 Å². The molecule has 3 aromatic rings. The molecule has 31 heavy (non-hydrogen) atoms. The summed E-state index contributed by atoms with van der Waals surface area (Å²) >= 11 is 0. The molecule has 1 amide bonds. The minimum atomic E-state index is -0.550. The Hall–Kier alpha value is -4.20. The summed E-state index contributed by atoms with van der Waals surface area (Å²) in [6.45, 7) is 1.78. The molecule has 158 valence electrons. The molecular weight excluding hydrogens is 398 g/mol. The van der Waals surface area contributed by atoms with Crippen LogP contribution < -0.4 is 14.9 Å². The SMILES string of the molecule is Cc1ccc(OCC(=O)N/N=C\c2cccc(OCc3ccccc3)c2)c([N+](=O)[O-])c1. The van der Waals surface area contributed by atoms with E-state index in [0.717, 1.165) is 16.7 Å². The summed E-state index contributed by atoms with van der Waals surface area (Å²) in [4.78, 5) is 22.5. The number of aryl methyl sites for hydroxylation is 1. The van der Waals surface area contributed by atoms with Crippen molar-refractivity contribution in [2.75, 3.05) is 6.61 Å². The molecule has 0 atom stereocenters. The quantitative estimate of drug-likeness (QED) is 0.321. The summed E-state index contributed by atoms with van der Waals surface area (Å²) in [7, 11) is 0. The Labute approximate surface area is 179 Å². The molecule has 0 saturated heterocycles. The number of hydrogen-bond acceptors (Lipinski definition) is 6. The molecule has 3 rings (SSSR count). The summed E-state index contributed by atoms with van der Waals surface area (Å²) in [6.07, 6.45) is 1.47. The molecule has 0 bridgehead atoms. The van der Waals surface area contributed by atoms with Crippen molar-refractivity contribution in [1.29, 1.82) is 0 Å². The second-order valence-corrected chi connectivity index (χ2v) is 6.66. The Morgan fingerprint density at radius 1 is 1.06 bits per heavy atom. The molecule has 0 spiro atoms. The summed E-state index contributed by atoms with van der Waals surface area (Å²) in [5.74, 6) is 0.162. The fourth-order valence-corrected chi connectivity index (χ4v) is 2.67. The number of nitrogens with zero attached hydrogens (tertiary/aromatic N) is 2. The Morgan fingerprint density at radius 3 is 2.65 bits per heavy atom. The smallest absolute Gasteiger partial charge is 0.311 e. The highest BCUT2D eigenvalue weighted by molar-refractivity contribution is 5.83. The average Bonchev–Trinajstić information content (AvgIpc) is 2.78. The van der Waals surface area contributed by atoms with Gasteiger partial charge >= 0.3 is 5.69 Å². The third-order valence-electron chi connectivity index (χ3n) is 4.18. The number of carbonyl (C=O) groups excluding carboxylic acids is 1. The van der Waals surface area contributed by atoms with Crippen LogP contribution in [0.3, 0.4) is 0 Å². The van der Waals surface area contributed by atoms with Crippen molar-refractivity contribution in [3.05, 3.63) is 99.6 Å². The third-order valence-corrected chi connectivity index (χ3v) is 4.18. The molecule has 3 aromatic carbocycles. The van der Waals surface area contributed by atoms with Gasteiger partial charge in [0.15, 0.2) is 12.4 Å². The first-order valence-corrected chi connectivity index (χ1v) is 9.48. The van der Waals surface area contributed by atoms with Crippen LogP contribution in [0.1, 0.15) is 16.7 Å². The van der Waals surface area contributed by atoms with Gasteiger partial charge in [-0.3, -0.25) is 14.9 Å². The second-order valence-electron chi connectivity index (χ2n) is 6.66. The van der Waals surface area contributed by atoms with Crippen LogP contribution in [-0.2, 0) is 11.4 Å². The van der Waals surface area contributed by atoms with Crippen LogP contribution in [0.5, 0.6) is 11.5 Å². The number of hydrogen-bond donors (Lipinski definition) is 1. The summed E-state index contributed by atoms with van der Waals surface area (Å²) in [6, 6.07) is 21.6. The van der Waals surface area contributed by atoms with Gasteiger partial charge in [-0.25, -0.2) is 5.43 Å². The molecule has 0 radical (unpaired) electrons. The molecule has 0 aliphatic rings. The predicted molar refractivity (Wildman–Crippen MR) is 116 cm³/mol. The molecule has 0 aromatic heterocycles. The number of nitro benzene ring substituents is 1. The largest absolute Gasteiger partial charge is 0.489 e. The van der Waals surface area contributed by atoms with Gasteiger partial charge in [0.25, 0.3) is 5.91 Å². The first kappa shape index (κ1) is 21.5. The van der Waals surface area contributed by atoms with Crippen molar-refractivity contribution in [3.8, 4) is 11.5 Å². The first-order chi connectivity index (χ1) is 15.0. The highest BCUT2D eigenvalue weighted by Crippen LogP contribution is 2.27. The maximum Gasteiger partial charge on any atom is 0.311 e. The van der Waals surface area contributed by atoms with E-state index in [-0.39, 0.29) is 11.4 Å². The van der Waals surface area contributed by atoms with Crippen LogP contribution in [0.25, 0.3) is 0 Å². The van der Waals surface area contributed by atoms with Crippen molar-refractivity contribution in [2.45, 2.75) is 13.5 Å². The summed E-state index contributed by atoms with van der Waals surface area (Å²) in [5.41, 5.74) is 4.66. The van der Waals surface area contributed by atoms with E-state index < -0.39 is 17.4 Å². The van der Waals surface area contributed by atoms with Gasteiger partial charge in [-0.05, 0) is 41.8 Å². The van der Waals surface area contributed by atoms with Crippen LogP contribution in [0.15, 0.2) is 77.9 Å². The Bertz CT molecular complexity index is 1080. The number of rotatable bonds is 9. The van der Waals surface area contributed by atoms with Crippen LogP contribution in [-0.4, -0.2) is 23.7 Å². The molecule has 8 nitrogen and oxygen atoms in total. The molecule has 0 saturated carbocycles. The fourth-order valence-electron chi connectivity index (χ4n) is 2.67. The maximum absolute atomic E-state index is 11.9. The van der Waals surface area contributed by atoms with E-state index in [9.17, 15) is 14.9 Å². The van der Waals surface area contributed by atoms with Gasteiger partial charge in [0, 0.05) is 6.07 Å². The van der Waals surface area contributed by atoms with Crippen molar-refractivity contribution in [2.24, 2.45) is 5.10 Å². The minimum Gasteiger partial charge on any atom is -0.489 e. The van der Waals surface area contributed by atoms with Crippen molar-refractivity contribution in [1.82, 2.24) is 5.43 Å². The van der Waals surface area contributed by atoms with E-state index in [2.05, 4.69) is 10.5 Å². The first-order valence-electron chi connectivity index (χ1n) is 9.48. The number of benzene rings is 3. The van der Waals surface area contributed by atoms with Crippen LogP contribution in [0.4, 0.5) is 5.69 Å². The van der Waals surface area contributed by atoms with E-state index in [1.165, 1.54) is 18.3 Å². The van der Waals surface area contributed by atoms with Gasteiger partial charge < -0.3 is 9.47 Å². The standard InChI is InChI=1S/C23H21N3O5/c1-17-10-11-22(21(12-17)26(28)29)31-16-23(27)25-24-14-19-8-5-9-20(13-19)30-15-18-6-3-2-4-7-18/h2-14H,15-16H2,1H3,(H,25,27)/b24-14-. The van der Waals surface area contributed by atoms with E-state index in [4.69, 9.17) is 9.47 Å². The molecule has 0 fully saturated rings. The third kappa shape index (κ3) is 6.67. The number of nitro groups is 1. The predicted octanol–water partition coefficient (Wildman–Crippen LogP) is 4.01. The normalized spacial score (nSPS) is 10.6. The number of carbonyl (C=O) groups is 1. The van der Waals surface area contributed by atoms with E-state index in [0.29, 0.717) is 12.4 Å². The lowest BCUT2D eigenvalue weighted by atomic mass is 10.2. The average molecular weight is 419 g/mol. The van der Waals surface area contributed by atoms with Gasteiger partial charge in [-0.1, -0.05) is 48.5 Å². The Morgan fingerprint density at radius 2 is 1.87 bits per heavy atom. The molecule has 0 heterocycles. The summed E-state index contributed by atoms with van der Waals surface area (Å²) in [5, 5.41) is 15.0. The van der Waals surface area contributed by atoms with Crippen LogP contribution >= 0.6 is 0 Å². The van der Waals surface area contributed by atoms with Crippen molar-refractivity contribution < 1.29 is 19.2 Å². The zero-order chi connectivity index (χ0) is 22.1. The van der Waals surface area contributed by atoms with Crippen LogP contribution in [0.2, 0.25) is 0 Å². The second kappa shape index (κ2) is 10.5. The molecule has 0 aliphatic heterocycles. The van der Waals surface area contributed by atoms with Crippen molar-refractivity contribution >= 4 is 17.8 Å². The number of nitrogens with one attached hydrogen (secondary N) is 1. The lowest BCUT2D eigenvalue weighted by Crippen LogP contribution is -2.24. The fraction of sp³-hybridized carbons (Fsp3) is 0.130. The molecule has 8 heteroatoms. The Balaban J connectivity index is 1.50. The highest BCUT2D eigenvalue weighted by atomic mass is 16.6. The molecule has 1 N–H and O–H groups in total. The minimum absolute atomic E-state index is 0.0259. The highest BCUT2D eigenvalue weighted by Gasteiger charge is 2.16. The van der Waals surface area contributed by atoms with E-state index in [1.807, 2.05) is 48.5 Å². The van der Waals surface area contributed by atoms with Gasteiger partial charge in [0.2, 0.25) is 0 Å². The van der Waals surface area contributed by atoms with E-state index in [1.54, 1.807) is 19.1 Å². The lowest BCUT2D eigenvalue weighted by molar-refractivity contribution is -0.385. The topological polar surface area (TPSA) is 103 Å². The monoisotopic (exact) mass is 419 g/mol. The van der Waals surface area contributed by atoms with Gasteiger partial charge in [-0.2, -0.15) is 5.10 Å².